The Hall–Kier alpha value is -0.0800. The van der Waals surface area contributed by atoms with Gasteiger partial charge in [-0.1, -0.05) is 12.8 Å². The third-order valence-electron chi connectivity index (χ3n) is 4.27. The fourth-order valence-corrected chi connectivity index (χ4v) is 3.24. The van der Waals surface area contributed by atoms with E-state index in [1.807, 2.05) is 0 Å². The maximum atomic E-state index is 3.91. The molecule has 2 heteroatoms. The number of hydrogen-bond acceptors (Lipinski definition) is 2. The minimum atomic E-state index is 0.526. The summed E-state index contributed by atoms with van der Waals surface area (Å²) in [6.45, 7) is 1.23. The molecule has 1 aliphatic heterocycles. The van der Waals surface area contributed by atoms with Gasteiger partial charge in [0.05, 0.1) is 0 Å². The second-order valence-electron chi connectivity index (χ2n) is 5.16. The first-order valence-electron chi connectivity index (χ1n) is 5.89. The summed E-state index contributed by atoms with van der Waals surface area (Å²) in [5, 5.41) is 7.66. The van der Waals surface area contributed by atoms with Crippen LogP contribution in [0.3, 0.4) is 0 Å². The molecule has 0 aromatic carbocycles. The van der Waals surface area contributed by atoms with Gasteiger partial charge in [-0.15, -0.1) is 0 Å². The Morgan fingerprint density at radius 2 is 1.69 bits per heavy atom. The molecule has 3 fully saturated rings. The van der Waals surface area contributed by atoms with Crippen LogP contribution in [-0.4, -0.2) is 24.2 Å². The fourth-order valence-electron chi connectivity index (χ4n) is 3.24. The molecule has 1 unspecified atom stereocenters. The van der Waals surface area contributed by atoms with Crippen molar-refractivity contribution in [1.82, 2.24) is 10.6 Å². The van der Waals surface area contributed by atoms with Gasteiger partial charge in [-0.05, 0) is 32.1 Å². The third kappa shape index (κ3) is 1.31. The highest BCUT2D eigenvalue weighted by Crippen LogP contribution is 2.36. The van der Waals surface area contributed by atoms with Gasteiger partial charge < -0.3 is 10.6 Å². The van der Waals surface area contributed by atoms with Crippen molar-refractivity contribution in [3.63, 3.8) is 0 Å². The molecule has 2 atom stereocenters. The second kappa shape index (κ2) is 2.96. The van der Waals surface area contributed by atoms with Crippen molar-refractivity contribution in [2.24, 2.45) is 0 Å². The van der Waals surface area contributed by atoms with Crippen LogP contribution in [0.5, 0.6) is 0 Å². The van der Waals surface area contributed by atoms with Gasteiger partial charge >= 0.3 is 0 Å². The van der Waals surface area contributed by atoms with Gasteiger partial charge in [0.1, 0.15) is 0 Å². The zero-order valence-corrected chi connectivity index (χ0v) is 8.31. The quantitative estimate of drug-likeness (QED) is 0.589. The minimum absolute atomic E-state index is 0.526. The molecular formula is C11H20N2. The monoisotopic (exact) mass is 180 g/mol. The number of nitrogens with one attached hydrogen (secondary N) is 2. The molecule has 2 N–H and O–H groups in total. The van der Waals surface area contributed by atoms with Crippen LogP contribution < -0.4 is 10.6 Å². The van der Waals surface area contributed by atoms with E-state index in [4.69, 9.17) is 0 Å². The smallest absolute Gasteiger partial charge is 0.0309 e. The van der Waals surface area contributed by atoms with E-state index in [2.05, 4.69) is 10.6 Å². The van der Waals surface area contributed by atoms with Crippen molar-refractivity contribution in [2.75, 3.05) is 6.54 Å². The molecule has 3 aliphatic rings. The molecular weight excluding hydrogens is 160 g/mol. The number of piperazine rings is 1. The zero-order valence-electron chi connectivity index (χ0n) is 8.31. The molecule has 2 nitrogen and oxygen atoms in total. The van der Waals surface area contributed by atoms with Gasteiger partial charge in [0, 0.05) is 24.2 Å². The Bertz CT molecular complexity index is 198. The summed E-state index contributed by atoms with van der Waals surface area (Å²) in [5.74, 6) is 0. The Morgan fingerprint density at radius 1 is 0.923 bits per heavy atom. The Labute approximate surface area is 80.5 Å². The van der Waals surface area contributed by atoms with Crippen molar-refractivity contribution >= 4 is 0 Å². The number of rotatable bonds is 0. The normalized spacial score (nSPS) is 42.5. The first-order chi connectivity index (χ1) is 6.38. The third-order valence-corrected chi connectivity index (χ3v) is 4.27. The molecule has 0 aromatic heterocycles. The van der Waals surface area contributed by atoms with Crippen LogP contribution in [0, 0.1) is 0 Å². The van der Waals surface area contributed by atoms with E-state index in [0.717, 1.165) is 12.1 Å². The maximum Gasteiger partial charge on any atom is 0.0309 e. The molecule has 0 amide bonds. The Balaban J connectivity index is 1.69. The topological polar surface area (TPSA) is 24.1 Å². The van der Waals surface area contributed by atoms with Crippen LogP contribution >= 0.6 is 0 Å². The van der Waals surface area contributed by atoms with E-state index in [1.54, 1.807) is 0 Å². The standard InChI is InChI=1S/C11H20N2/c1-2-5-10-9(4-1)12-8-11(13-10)6-3-7-11/h9-10,12-13H,1-8H2/t9?,10-/m0/s1. The molecule has 2 saturated carbocycles. The van der Waals surface area contributed by atoms with Gasteiger partial charge in [0.25, 0.3) is 0 Å². The first kappa shape index (κ1) is 8.25. The van der Waals surface area contributed by atoms with E-state index >= 15 is 0 Å². The highest BCUT2D eigenvalue weighted by Gasteiger charge is 2.44. The molecule has 0 aromatic rings. The molecule has 1 saturated heterocycles. The second-order valence-corrected chi connectivity index (χ2v) is 5.16. The van der Waals surface area contributed by atoms with Crippen LogP contribution in [0.25, 0.3) is 0 Å². The lowest BCUT2D eigenvalue weighted by atomic mass is 9.72. The largest absolute Gasteiger partial charge is 0.311 e. The summed E-state index contributed by atoms with van der Waals surface area (Å²) in [6.07, 6.45) is 9.92. The summed E-state index contributed by atoms with van der Waals surface area (Å²) in [5.41, 5.74) is 0.526. The molecule has 74 valence electrons. The van der Waals surface area contributed by atoms with Gasteiger partial charge in [-0.3, -0.25) is 0 Å². The lowest BCUT2D eigenvalue weighted by Crippen LogP contribution is -2.70. The highest BCUT2D eigenvalue weighted by molar-refractivity contribution is 5.06. The van der Waals surface area contributed by atoms with Crippen molar-refractivity contribution in [2.45, 2.75) is 62.6 Å². The summed E-state index contributed by atoms with van der Waals surface area (Å²) < 4.78 is 0. The number of hydrogen-bond donors (Lipinski definition) is 2. The molecule has 0 bridgehead atoms. The predicted octanol–water partition coefficient (Wildman–Crippen LogP) is 1.41. The summed E-state index contributed by atoms with van der Waals surface area (Å²) in [7, 11) is 0. The molecule has 2 aliphatic carbocycles. The zero-order chi connectivity index (χ0) is 8.73. The SMILES string of the molecule is C1CC[C@@H]2NC3(CCC3)CNC2C1. The van der Waals surface area contributed by atoms with Crippen molar-refractivity contribution in [3.05, 3.63) is 0 Å². The Kier molecular flexibility index (Phi) is 1.88. The van der Waals surface area contributed by atoms with Crippen LogP contribution in [0.2, 0.25) is 0 Å². The average molecular weight is 180 g/mol. The molecule has 13 heavy (non-hydrogen) atoms. The van der Waals surface area contributed by atoms with Crippen molar-refractivity contribution < 1.29 is 0 Å². The lowest BCUT2D eigenvalue weighted by Gasteiger charge is -2.53. The van der Waals surface area contributed by atoms with Crippen LogP contribution in [0.15, 0.2) is 0 Å². The predicted molar refractivity (Wildman–Crippen MR) is 53.8 cm³/mol. The molecule has 0 radical (unpaired) electrons. The summed E-state index contributed by atoms with van der Waals surface area (Å²) >= 11 is 0. The van der Waals surface area contributed by atoms with Gasteiger partial charge in [-0.2, -0.15) is 0 Å². The van der Waals surface area contributed by atoms with Crippen LogP contribution in [0.1, 0.15) is 44.9 Å². The molecule has 1 spiro atoms. The summed E-state index contributed by atoms with van der Waals surface area (Å²) in [6, 6.07) is 1.59. The van der Waals surface area contributed by atoms with Crippen molar-refractivity contribution in [1.29, 1.82) is 0 Å². The van der Waals surface area contributed by atoms with Gasteiger partial charge in [0.2, 0.25) is 0 Å². The lowest BCUT2D eigenvalue weighted by molar-refractivity contribution is 0.0839. The Morgan fingerprint density at radius 3 is 2.38 bits per heavy atom. The van der Waals surface area contributed by atoms with E-state index in [-0.39, 0.29) is 0 Å². The number of fused-ring (bicyclic) bond motifs is 1. The highest BCUT2D eigenvalue weighted by atomic mass is 15.2. The summed E-state index contributed by atoms with van der Waals surface area (Å²) in [4.78, 5) is 0. The molecule has 1 heterocycles. The van der Waals surface area contributed by atoms with E-state index in [0.29, 0.717) is 5.54 Å². The molecule has 3 rings (SSSR count). The van der Waals surface area contributed by atoms with Gasteiger partial charge in [-0.25, -0.2) is 0 Å². The van der Waals surface area contributed by atoms with Gasteiger partial charge in [0.15, 0.2) is 0 Å². The maximum absolute atomic E-state index is 3.91. The van der Waals surface area contributed by atoms with Crippen LogP contribution in [-0.2, 0) is 0 Å². The minimum Gasteiger partial charge on any atom is -0.311 e. The van der Waals surface area contributed by atoms with Crippen molar-refractivity contribution in [3.8, 4) is 0 Å². The fraction of sp³-hybridized carbons (Fsp3) is 1.00. The van der Waals surface area contributed by atoms with E-state index < -0.39 is 0 Å². The van der Waals surface area contributed by atoms with Crippen LogP contribution in [0.4, 0.5) is 0 Å². The van der Waals surface area contributed by atoms with E-state index in [9.17, 15) is 0 Å². The van der Waals surface area contributed by atoms with E-state index in [1.165, 1.54) is 51.5 Å². The first-order valence-corrected chi connectivity index (χ1v) is 5.89. The average Bonchev–Trinajstić information content (AvgIpc) is 2.15.